The second kappa shape index (κ2) is 7.94. The SMILES string of the molecule is CC[C@@H](Sc1ccc(Cl)c(C(F)(F)F)c1)C(=O)Nc1ccccc1. The van der Waals surface area contributed by atoms with Gasteiger partial charge in [0.1, 0.15) is 0 Å². The quantitative estimate of drug-likeness (QED) is 0.664. The third-order valence-corrected chi connectivity index (χ3v) is 4.91. The Balaban J connectivity index is 2.14. The highest BCUT2D eigenvalue weighted by molar-refractivity contribution is 8.00. The molecular formula is C17H15ClF3NOS. The van der Waals surface area contributed by atoms with Crippen molar-refractivity contribution in [1.82, 2.24) is 0 Å². The minimum absolute atomic E-state index is 0.253. The highest BCUT2D eigenvalue weighted by atomic mass is 35.5. The summed E-state index contributed by atoms with van der Waals surface area (Å²) in [5.41, 5.74) is -0.249. The maximum atomic E-state index is 12.9. The molecule has 2 aromatic carbocycles. The Morgan fingerprint density at radius 1 is 1.21 bits per heavy atom. The van der Waals surface area contributed by atoms with Crippen molar-refractivity contribution in [2.75, 3.05) is 5.32 Å². The Bertz CT molecular complexity index is 707. The van der Waals surface area contributed by atoms with Gasteiger partial charge in [-0.2, -0.15) is 13.2 Å². The Morgan fingerprint density at radius 2 is 1.88 bits per heavy atom. The van der Waals surface area contributed by atoms with Gasteiger partial charge in [0.25, 0.3) is 0 Å². The number of amides is 1. The van der Waals surface area contributed by atoms with Crippen molar-refractivity contribution in [3.05, 3.63) is 59.1 Å². The number of rotatable bonds is 5. The number of anilines is 1. The van der Waals surface area contributed by atoms with E-state index >= 15 is 0 Å². The summed E-state index contributed by atoms with van der Waals surface area (Å²) in [4.78, 5) is 12.7. The molecule has 1 amide bonds. The first kappa shape index (κ1) is 18.7. The van der Waals surface area contributed by atoms with Crippen LogP contribution in [-0.2, 0) is 11.0 Å². The van der Waals surface area contributed by atoms with Crippen LogP contribution in [0.2, 0.25) is 5.02 Å². The fourth-order valence-corrected chi connectivity index (χ4v) is 3.24. The van der Waals surface area contributed by atoms with Crippen LogP contribution in [0.1, 0.15) is 18.9 Å². The van der Waals surface area contributed by atoms with Crippen molar-refractivity contribution in [3.8, 4) is 0 Å². The minimum Gasteiger partial charge on any atom is -0.325 e. The number of halogens is 4. The summed E-state index contributed by atoms with van der Waals surface area (Å²) in [6, 6.07) is 12.6. The lowest BCUT2D eigenvalue weighted by atomic mass is 10.2. The predicted octanol–water partition coefficient (Wildman–Crippen LogP) is 5.87. The number of benzene rings is 2. The van der Waals surface area contributed by atoms with E-state index in [0.717, 1.165) is 17.8 Å². The molecule has 0 aliphatic rings. The maximum Gasteiger partial charge on any atom is 0.417 e. The zero-order chi connectivity index (χ0) is 17.7. The molecule has 1 N–H and O–H groups in total. The molecule has 0 fully saturated rings. The molecule has 0 bridgehead atoms. The molecule has 1 atom stereocenters. The second-order valence-corrected chi connectivity index (χ2v) is 6.69. The van der Waals surface area contributed by atoms with Crippen LogP contribution in [0, 0.1) is 0 Å². The molecule has 7 heteroatoms. The molecule has 0 saturated heterocycles. The van der Waals surface area contributed by atoms with Gasteiger partial charge in [-0.1, -0.05) is 36.7 Å². The van der Waals surface area contributed by atoms with Gasteiger partial charge in [-0.3, -0.25) is 4.79 Å². The van der Waals surface area contributed by atoms with Gasteiger partial charge in [0.15, 0.2) is 0 Å². The first-order valence-electron chi connectivity index (χ1n) is 7.20. The highest BCUT2D eigenvalue weighted by Crippen LogP contribution is 2.38. The molecule has 0 saturated carbocycles. The van der Waals surface area contributed by atoms with Crippen LogP contribution in [0.3, 0.4) is 0 Å². The Labute approximate surface area is 147 Å². The van der Waals surface area contributed by atoms with Crippen molar-refractivity contribution in [2.24, 2.45) is 0 Å². The molecule has 0 heterocycles. The number of hydrogen-bond acceptors (Lipinski definition) is 2. The lowest BCUT2D eigenvalue weighted by molar-refractivity contribution is -0.137. The molecular weight excluding hydrogens is 359 g/mol. The number of nitrogens with one attached hydrogen (secondary N) is 1. The van der Waals surface area contributed by atoms with E-state index in [1.165, 1.54) is 12.1 Å². The minimum atomic E-state index is -4.53. The summed E-state index contributed by atoms with van der Waals surface area (Å²) >= 11 is 6.70. The third-order valence-electron chi connectivity index (χ3n) is 3.23. The maximum absolute atomic E-state index is 12.9. The molecule has 0 aromatic heterocycles. The summed E-state index contributed by atoms with van der Waals surface area (Å²) in [6.07, 6.45) is -4.05. The summed E-state index contributed by atoms with van der Waals surface area (Å²) < 4.78 is 38.8. The van der Waals surface area contributed by atoms with Crippen LogP contribution < -0.4 is 5.32 Å². The summed E-state index contributed by atoms with van der Waals surface area (Å²) in [5.74, 6) is -0.253. The van der Waals surface area contributed by atoms with Gasteiger partial charge in [0.05, 0.1) is 15.8 Å². The van der Waals surface area contributed by atoms with E-state index in [2.05, 4.69) is 5.32 Å². The topological polar surface area (TPSA) is 29.1 Å². The Morgan fingerprint density at radius 3 is 2.46 bits per heavy atom. The van der Waals surface area contributed by atoms with E-state index in [0.29, 0.717) is 17.0 Å². The molecule has 24 heavy (non-hydrogen) atoms. The van der Waals surface area contributed by atoms with E-state index in [9.17, 15) is 18.0 Å². The lowest BCUT2D eigenvalue weighted by Gasteiger charge is -2.16. The molecule has 0 radical (unpaired) electrons. The van der Waals surface area contributed by atoms with Crippen molar-refractivity contribution >= 4 is 35.0 Å². The van der Waals surface area contributed by atoms with Gasteiger partial charge in [-0.05, 0) is 36.8 Å². The number of hydrogen-bond donors (Lipinski definition) is 1. The van der Waals surface area contributed by atoms with Gasteiger partial charge in [0, 0.05) is 10.6 Å². The summed E-state index contributed by atoms with van der Waals surface area (Å²) in [5, 5.41) is 1.90. The molecule has 0 aliphatic heterocycles. The van der Waals surface area contributed by atoms with Crippen LogP contribution in [0.25, 0.3) is 0 Å². The molecule has 2 rings (SSSR count). The average Bonchev–Trinajstić information content (AvgIpc) is 2.53. The van der Waals surface area contributed by atoms with E-state index < -0.39 is 17.0 Å². The third kappa shape index (κ3) is 4.92. The first-order valence-corrected chi connectivity index (χ1v) is 8.46. The standard InChI is InChI=1S/C17H15ClF3NOS/c1-2-15(16(23)22-11-6-4-3-5-7-11)24-12-8-9-14(18)13(10-12)17(19,20)21/h3-10,15H,2H2,1H3,(H,22,23)/t15-/m1/s1. The first-order chi connectivity index (χ1) is 11.3. The van der Waals surface area contributed by atoms with Gasteiger partial charge >= 0.3 is 6.18 Å². The molecule has 0 unspecified atom stereocenters. The summed E-state index contributed by atoms with van der Waals surface area (Å²) in [7, 11) is 0. The van der Waals surface area contributed by atoms with Crippen LogP contribution >= 0.6 is 23.4 Å². The molecule has 2 aromatic rings. The monoisotopic (exact) mass is 373 g/mol. The number of para-hydroxylation sites is 1. The van der Waals surface area contributed by atoms with Crippen molar-refractivity contribution in [3.63, 3.8) is 0 Å². The van der Waals surface area contributed by atoms with E-state index in [-0.39, 0.29) is 10.9 Å². The predicted molar refractivity (Wildman–Crippen MR) is 91.5 cm³/mol. The summed E-state index contributed by atoms with van der Waals surface area (Å²) in [6.45, 7) is 1.81. The van der Waals surface area contributed by atoms with Gasteiger partial charge in [-0.15, -0.1) is 11.8 Å². The number of alkyl halides is 3. The van der Waals surface area contributed by atoms with Gasteiger partial charge < -0.3 is 5.32 Å². The average molecular weight is 374 g/mol. The van der Waals surface area contributed by atoms with Gasteiger partial charge in [-0.25, -0.2) is 0 Å². The van der Waals surface area contributed by atoms with Crippen LogP contribution in [0.5, 0.6) is 0 Å². The Kier molecular flexibility index (Phi) is 6.18. The van der Waals surface area contributed by atoms with Gasteiger partial charge in [0.2, 0.25) is 5.91 Å². The smallest absolute Gasteiger partial charge is 0.325 e. The largest absolute Gasteiger partial charge is 0.417 e. The van der Waals surface area contributed by atoms with E-state index in [1.54, 1.807) is 24.3 Å². The van der Waals surface area contributed by atoms with Crippen molar-refractivity contribution in [2.45, 2.75) is 29.7 Å². The molecule has 0 aliphatic carbocycles. The highest BCUT2D eigenvalue weighted by Gasteiger charge is 2.33. The Hall–Kier alpha value is -1.66. The lowest BCUT2D eigenvalue weighted by Crippen LogP contribution is -2.24. The van der Waals surface area contributed by atoms with Crippen LogP contribution in [0.4, 0.5) is 18.9 Å². The molecule has 2 nitrogen and oxygen atoms in total. The van der Waals surface area contributed by atoms with Crippen LogP contribution in [-0.4, -0.2) is 11.2 Å². The zero-order valence-electron chi connectivity index (χ0n) is 12.7. The zero-order valence-corrected chi connectivity index (χ0v) is 14.3. The van der Waals surface area contributed by atoms with Crippen molar-refractivity contribution in [1.29, 1.82) is 0 Å². The molecule has 0 spiro atoms. The molecule has 128 valence electrons. The fourth-order valence-electron chi connectivity index (χ4n) is 2.03. The number of thioether (sulfide) groups is 1. The van der Waals surface area contributed by atoms with Crippen molar-refractivity contribution < 1.29 is 18.0 Å². The normalized spacial score (nSPS) is 12.7. The van der Waals surface area contributed by atoms with E-state index in [4.69, 9.17) is 11.6 Å². The number of carbonyl (C=O) groups is 1. The van der Waals surface area contributed by atoms with E-state index in [1.807, 2.05) is 13.0 Å². The number of carbonyl (C=O) groups excluding carboxylic acids is 1. The second-order valence-electron chi connectivity index (χ2n) is 5.01. The fraction of sp³-hybridized carbons (Fsp3) is 0.235. The van der Waals surface area contributed by atoms with Crippen LogP contribution in [0.15, 0.2) is 53.4 Å².